The van der Waals surface area contributed by atoms with Crippen molar-refractivity contribution in [3.8, 4) is 11.3 Å². The Labute approximate surface area is 193 Å². The number of aromatic amines is 1. The van der Waals surface area contributed by atoms with Crippen LogP contribution in [0.4, 0.5) is 13.2 Å². The topological polar surface area (TPSA) is 93.5 Å². The molecule has 1 aliphatic heterocycles. The Morgan fingerprint density at radius 3 is 2.68 bits per heavy atom. The van der Waals surface area contributed by atoms with E-state index in [4.69, 9.17) is 4.74 Å². The highest BCUT2D eigenvalue weighted by Gasteiger charge is 2.42. The second-order valence-electron chi connectivity index (χ2n) is 8.78. The molecule has 0 aliphatic carbocycles. The molecule has 4 aromatic rings. The van der Waals surface area contributed by atoms with Gasteiger partial charge in [-0.25, -0.2) is 4.98 Å². The number of fused-ring (bicyclic) bond motifs is 1. The normalized spacial score (nSPS) is 16.5. The van der Waals surface area contributed by atoms with Gasteiger partial charge >= 0.3 is 6.18 Å². The number of pyridine rings is 1. The molecule has 2 N–H and O–H groups in total. The van der Waals surface area contributed by atoms with Crippen molar-refractivity contribution >= 4 is 10.9 Å². The fourth-order valence-electron chi connectivity index (χ4n) is 4.34. The SMILES string of the molecule is CN[C@@H](C)c1nc(C(F)(F)F)cc2c(-c3cccc(C4(Cc5nncn5C)COC4)c3)n[nH]c12. The number of nitrogens with one attached hydrogen (secondary N) is 2. The maximum Gasteiger partial charge on any atom is 0.433 e. The predicted octanol–water partition coefficient (Wildman–Crippen LogP) is 3.56. The fraction of sp³-hybridized carbons (Fsp3) is 0.391. The first-order valence-electron chi connectivity index (χ1n) is 10.9. The zero-order chi connectivity index (χ0) is 24.1. The molecule has 4 heterocycles. The van der Waals surface area contributed by atoms with Gasteiger partial charge in [0.05, 0.1) is 24.4 Å². The third-order valence-electron chi connectivity index (χ3n) is 6.52. The number of aryl methyl sites for hydroxylation is 1. The smallest absolute Gasteiger partial charge is 0.379 e. The number of ether oxygens (including phenoxy) is 1. The zero-order valence-corrected chi connectivity index (χ0v) is 18.9. The monoisotopic (exact) mass is 471 g/mol. The number of hydrogen-bond donors (Lipinski definition) is 2. The van der Waals surface area contributed by atoms with Crippen LogP contribution in [0.2, 0.25) is 0 Å². The van der Waals surface area contributed by atoms with Gasteiger partial charge in [-0.05, 0) is 31.7 Å². The molecule has 0 spiro atoms. The van der Waals surface area contributed by atoms with E-state index >= 15 is 0 Å². The van der Waals surface area contributed by atoms with Crippen LogP contribution in [0.1, 0.15) is 35.7 Å². The molecular formula is C23H24F3N7O. The van der Waals surface area contributed by atoms with Crippen molar-refractivity contribution in [2.75, 3.05) is 20.3 Å². The molecule has 34 heavy (non-hydrogen) atoms. The number of H-pyrrole nitrogens is 1. The largest absolute Gasteiger partial charge is 0.433 e. The Morgan fingerprint density at radius 1 is 1.26 bits per heavy atom. The molecule has 0 amide bonds. The summed E-state index contributed by atoms with van der Waals surface area (Å²) in [6, 6.07) is 8.40. The standard InChI is InChI=1S/C23H24F3N7O/c1-13(27-2)19-21-16(8-17(29-19)23(24,25)26)20(31-32-21)14-5-4-6-15(7-14)22(10-34-11-22)9-18-30-28-12-33(18)3/h4-8,12-13,27H,9-11H2,1-3H3,(H,31,32)/t13-/m0/s1. The van der Waals surface area contributed by atoms with Gasteiger partial charge in [0.1, 0.15) is 23.5 Å². The number of nitrogens with zero attached hydrogens (tertiary/aromatic N) is 5. The van der Waals surface area contributed by atoms with Crippen LogP contribution in [0, 0.1) is 0 Å². The van der Waals surface area contributed by atoms with Crippen LogP contribution in [0.3, 0.4) is 0 Å². The molecule has 1 atom stereocenters. The Balaban J connectivity index is 1.61. The van der Waals surface area contributed by atoms with E-state index in [1.165, 1.54) is 0 Å². The van der Waals surface area contributed by atoms with Gasteiger partial charge in [0.25, 0.3) is 0 Å². The number of aromatic nitrogens is 6. The molecule has 3 aromatic heterocycles. The van der Waals surface area contributed by atoms with Gasteiger partial charge in [-0.15, -0.1) is 10.2 Å². The van der Waals surface area contributed by atoms with E-state index in [1.54, 1.807) is 20.3 Å². The fourth-order valence-corrected chi connectivity index (χ4v) is 4.34. The summed E-state index contributed by atoms with van der Waals surface area (Å²) < 4.78 is 48.4. The van der Waals surface area contributed by atoms with E-state index in [0.717, 1.165) is 23.0 Å². The molecule has 1 fully saturated rings. The van der Waals surface area contributed by atoms with Gasteiger partial charge in [-0.3, -0.25) is 5.10 Å². The molecule has 0 saturated carbocycles. The minimum Gasteiger partial charge on any atom is -0.379 e. The van der Waals surface area contributed by atoms with Crippen LogP contribution < -0.4 is 5.32 Å². The quantitative estimate of drug-likeness (QED) is 0.447. The molecule has 1 saturated heterocycles. The van der Waals surface area contributed by atoms with Crippen LogP contribution in [0.5, 0.6) is 0 Å². The van der Waals surface area contributed by atoms with E-state index in [9.17, 15) is 13.2 Å². The summed E-state index contributed by atoms with van der Waals surface area (Å²) in [4.78, 5) is 3.89. The molecule has 11 heteroatoms. The number of benzene rings is 1. The second kappa shape index (κ2) is 8.17. The van der Waals surface area contributed by atoms with Crippen molar-refractivity contribution in [3.63, 3.8) is 0 Å². The van der Waals surface area contributed by atoms with Gasteiger partial charge in [0.15, 0.2) is 0 Å². The summed E-state index contributed by atoms with van der Waals surface area (Å²) in [5.74, 6) is 0.838. The second-order valence-corrected chi connectivity index (χ2v) is 8.78. The lowest BCUT2D eigenvalue weighted by atomic mass is 9.75. The third-order valence-corrected chi connectivity index (χ3v) is 6.52. The Kier molecular flexibility index (Phi) is 5.40. The molecule has 0 radical (unpaired) electrons. The van der Waals surface area contributed by atoms with E-state index < -0.39 is 17.9 Å². The Hall–Kier alpha value is -3.31. The molecule has 1 aliphatic rings. The van der Waals surface area contributed by atoms with Crippen molar-refractivity contribution in [1.82, 2.24) is 35.3 Å². The third kappa shape index (κ3) is 3.74. The molecule has 0 unspecified atom stereocenters. The summed E-state index contributed by atoms with van der Waals surface area (Å²) >= 11 is 0. The first-order valence-corrected chi connectivity index (χ1v) is 10.9. The molecule has 8 nitrogen and oxygen atoms in total. The van der Waals surface area contributed by atoms with Crippen LogP contribution in [0.15, 0.2) is 36.7 Å². The highest BCUT2D eigenvalue weighted by molar-refractivity contribution is 5.94. The molecular weight excluding hydrogens is 447 g/mol. The van der Waals surface area contributed by atoms with Crippen molar-refractivity contribution in [2.45, 2.75) is 31.0 Å². The molecule has 1 aromatic carbocycles. The van der Waals surface area contributed by atoms with Crippen molar-refractivity contribution < 1.29 is 17.9 Å². The summed E-state index contributed by atoms with van der Waals surface area (Å²) in [6.07, 6.45) is -2.28. The number of hydrogen-bond acceptors (Lipinski definition) is 6. The molecule has 0 bridgehead atoms. The van der Waals surface area contributed by atoms with Crippen LogP contribution >= 0.6 is 0 Å². The Bertz CT molecular complexity index is 1340. The van der Waals surface area contributed by atoms with Gasteiger partial charge in [0, 0.05) is 35.9 Å². The van der Waals surface area contributed by atoms with Gasteiger partial charge in [-0.1, -0.05) is 18.2 Å². The number of halogens is 3. The highest BCUT2D eigenvalue weighted by atomic mass is 19.4. The highest BCUT2D eigenvalue weighted by Crippen LogP contribution is 2.39. The number of rotatable bonds is 6. The summed E-state index contributed by atoms with van der Waals surface area (Å²) in [6.45, 7) is 2.81. The lowest BCUT2D eigenvalue weighted by Gasteiger charge is -2.41. The van der Waals surface area contributed by atoms with E-state index in [1.807, 2.05) is 35.9 Å². The van der Waals surface area contributed by atoms with Gasteiger partial charge in [-0.2, -0.15) is 18.3 Å². The van der Waals surface area contributed by atoms with E-state index in [2.05, 4.69) is 30.7 Å². The maximum absolute atomic E-state index is 13.6. The van der Waals surface area contributed by atoms with Crippen molar-refractivity contribution in [1.29, 1.82) is 0 Å². The minimum atomic E-state index is -4.57. The predicted molar refractivity (Wildman–Crippen MR) is 119 cm³/mol. The zero-order valence-electron chi connectivity index (χ0n) is 18.9. The summed E-state index contributed by atoms with van der Waals surface area (Å²) in [5.41, 5.74) is 1.71. The Morgan fingerprint density at radius 2 is 2.06 bits per heavy atom. The van der Waals surface area contributed by atoms with E-state index in [0.29, 0.717) is 36.2 Å². The maximum atomic E-state index is 13.6. The average molecular weight is 471 g/mol. The van der Waals surface area contributed by atoms with Crippen LogP contribution in [-0.4, -0.2) is 50.2 Å². The van der Waals surface area contributed by atoms with Crippen molar-refractivity contribution in [3.05, 3.63) is 59.4 Å². The minimum absolute atomic E-state index is 0.272. The summed E-state index contributed by atoms with van der Waals surface area (Å²) in [5, 5.41) is 18.8. The van der Waals surface area contributed by atoms with Gasteiger partial charge < -0.3 is 14.6 Å². The lowest BCUT2D eigenvalue weighted by Crippen LogP contribution is -2.49. The van der Waals surface area contributed by atoms with Crippen molar-refractivity contribution in [2.24, 2.45) is 7.05 Å². The summed E-state index contributed by atoms with van der Waals surface area (Å²) in [7, 11) is 3.57. The average Bonchev–Trinajstić information content (AvgIpc) is 3.40. The van der Waals surface area contributed by atoms with E-state index in [-0.39, 0.29) is 11.1 Å². The van der Waals surface area contributed by atoms with Crippen LogP contribution in [-0.2, 0) is 29.8 Å². The molecule has 5 rings (SSSR count). The number of alkyl halides is 3. The first kappa shape index (κ1) is 22.5. The lowest BCUT2D eigenvalue weighted by molar-refractivity contribution is -0.141. The first-order chi connectivity index (χ1) is 16.2. The van der Waals surface area contributed by atoms with Gasteiger partial charge in [0.2, 0.25) is 0 Å². The van der Waals surface area contributed by atoms with Crippen LogP contribution in [0.25, 0.3) is 22.2 Å². The molecule has 178 valence electrons.